The summed E-state index contributed by atoms with van der Waals surface area (Å²) in [5, 5.41) is 8.68. The van der Waals surface area contributed by atoms with Gasteiger partial charge in [-0.3, -0.25) is 9.69 Å². The van der Waals surface area contributed by atoms with Crippen LogP contribution in [0.5, 0.6) is 0 Å². The second kappa shape index (κ2) is 6.86. The fraction of sp³-hybridized carbons (Fsp3) is 0.562. The Hall–Kier alpha value is -1.39. The van der Waals surface area contributed by atoms with E-state index in [0.717, 1.165) is 25.2 Å². The predicted octanol–water partition coefficient (Wildman–Crippen LogP) is 2.31. The van der Waals surface area contributed by atoms with Crippen LogP contribution in [0.1, 0.15) is 31.4 Å². The Morgan fingerprint density at radius 2 is 1.75 bits per heavy atom. The summed E-state index contributed by atoms with van der Waals surface area (Å²) >= 11 is 0. The quantitative estimate of drug-likeness (QED) is 0.897. The normalized spacial score (nSPS) is 23.7. The standard InChI is InChI=1S/C16H23NO3/c1-12-9-17(10-13(2)20-12)11-15-5-3-14(4-6-15)7-8-16(18)19/h3-6,12-13H,7-11H2,1-2H3,(H,18,19). The van der Waals surface area contributed by atoms with Crippen LogP contribution in [0, 0.1) is 0 Å². The lowest BCUT2D eigenvalue weighted by Crippen LogP contribution is -2.44. The molecule has 0 amide bonds. The minimum absolute atomic E-state index is 0.192. The average Bonchev–Trinajstić information content (AvgIpc) is 2.36. The summed E-state index contributed by atoms with van der Waals surface area (Å²) in [5.41, 5.74) is 2.35. The molecule has 0 saturated carbocycles. The van der Waals surface area contributed by atoms with Crippen molar-refractivity contribution in [1.82, 2.24) is 4.90 Å². The van der Waals surface area contributed by atoms with E-state index in [9.17, 15) is 4.79 Å². The van der Waals surface area contributed by atoms with Crippen molar-refractivity contribution in [3.05, 3.63) is 35.4 Å². The molecule has 2 rings (SSSR count). The van der Waals surface area contributed by atoms with Crippen LogP contribution in [0.25, 0.3) is 0 Å². The van der Waals surface area contributed by atoms with Crippen LogP contribution in [0.3, 0.4) is 0 Å². The van der Waals surface area contributed by atoms with Gasteiger partial charge in [-0.25, -0.2) is 0 Å². The van der Waals surface area contributed by atoms with Crippen molar-refractivity contribution in [3.8, 4) is 0 Å². The fourth-order valence-electron chi connectivity index (χ4n) is 2.73. The van der Waals surface area contributed by atoms with Crippen LogP contribution in [-0.4, -0.2) is 41.3 Å². The Balaban J connectivity index is 1.88. The third-order valence-electron chi connectivity index (χ3n) is 3.55. The maximum absolute atomic E-state index is 10.5. The van der Waals surface area contributed by atoms with E-state index in [1.165, 1.54) is 5.56 Å². The number of hydrogen-bond donors (Lipinski definition) is 1. The molecule has 1 aliphatic heterocycles. The first kappa shape index (κ1) is 15.0. The first-order valence-electron chi connectivity index (χ1n) is 7.20. The van der Waals surface area contributed by atoms with E-state index in [2.05, 4.69) is 30.9 Å². The molecule has 1 N–H and O–H groups in total. The Labute approximate surface area is 120 Å². The van der Waals surface area contributed by atoms with Gasteiger partial charge < -0.3 is 9.84 Å². The molecule has 1 saturated heterocycles. The van der Waals surface area contributed by atoms with Gasteiger partial charge in [0.15, 0.2) is 0 Å². The number of carbonyl (C=O) groups is 1. The zero-order valence-electron chi connectivity index (χ0n) is 12.2. The van der Waals surface area contributed by atoms with Gasteiger partial charge >= 0.3 is 5.97 Å². The molecule has 4 heteroatoms. The van der Waals surface area contributed by atoms with Gasteiger partial charge in [0.1, 0.15) is 0 Å². The molecule has 1 aromatic carbocycles. The van der Waals surface area contributed by atoms with Crippen molar-refractivity contribution < 1.29 is 14.6 Å². The highest BCUT2D eigenvalue weighted by molar-refractivity contribution is 5.67. The minimum Gasteiger partial charge on any atom is -0.481 e. The molecular formula is C16H23NO3. The van der Waals surface area contributed by atoms with Crippen molar-refractivity contribution in [2.75, 3.05) is 13.1 Å². The summed E-state index contributed by atoms with van der Waals surface area (Å²) in [5.74, 6) is -0.745. The smallest absolute Gasteiger partial charge is 0.303 e. The van der Waals surface area contributed by atoms with Gasteiger partial charge in [-0.2, -0.15) is 0 Å². The van der Waals surface area contributed by atoms with Crippen LogP contribution in [0.2, 0.25) is 0 Å². The van der Waals surface area contributed by atoms with E-state index in [-0.39, 0.29) is 18.6 Å². The number of rotatable bonds is 5. The minimum atomic E-state index is -0.745. The third-order valence-corrected chi connectivity index (χ3v) is 3.55. The van der Waals surface area contributed by atoms with E-state index < -0.39 is 5.97 Å². The van der Waals surface area contributed by atoms with Crippen molar-refractivity contribution >= 4 is 5.97 Å². The van der Waals surface area contributed by atoms with Crippen LogP contribution >= 0.6 is 0 Å². The highest BCUT2D eigenvalue weighted by Gasteiger charge is 2.21. The lowest BCUT2D eigenvalue weighted by atomic mass is 10.1. The lowest BCUT2D eigenvalue weighted by molar-refractivity contribution is -0.136. The summed E-state index contributed by atoms with van der Waals surface area (Å²) in [6.07, 6.45) is 1.36. The highest BCUT2D eigenvalue weighted by Crippen LogP contribution is 2.15. The first-order valence-corrected chi connectivity index (χ1v) is 7.20. The lowest BCUT2D eigenvalue weighted by Gasteiger charge is -2.35. The van der Waals surface area contributed by atoms with Gasteiger partial charge in [0.05, 0.1) is 12.2 Å². The number of aliphatic carboxylic acids is 1. The van der Waals surface area contributed by atoms with Crippen LogP contribution in [0.4, 0.5) is 0 Å². The third kappa shape index (κ3) is 4.62. The largest absolute Gasteiger partial charge is 0.481 e. The molecule has 0 spiro atoms. The van der Waals surface area contributed by atoms with Gasteiger partial charge in [0, 0.05) is 26.1 Å². The van der Waals surface area contributed by atoms with Gasteiger partial charge in [0.25, 0.3) is 0 Å². The predicted molar refractivity (Wildman–Crippen MR) is 77.7 cm³/mol. The van der Waals surface area contributed by atoms with Crippen LogP contribution in [0.15, 0.2) is 24.3 Å². The second-order valence-electron chi connectivity index (χ2n) is 5.66. The molecule has 2 atom stereocenters. The van der Waals surface area contributed by atoms with Crippen molar-refractivity contribution in [1.29, 1.82) is 0 Å². The van der Waals surface area contributed by atoms with E-state index in [0.29, 0.717) is 6.42 Å². The fourth-order valence-corrected chi connectivity index (χ4v) is 2.73. The van der Waals surface area contributed by atoms with Gasteiger partial charge in [-0.1, -0.05) is 24.3 Å². The summed E-state index contributed by atoms with van der Waals surface area (Å²) < 4.78 is 5.73. The maximum atomic E-state index is 10.5. The number of aryl methyl sites for hydroxylation is 1. The second-order valence-corrected chi connectivity index (χ2v) is 5.66. The molecule has 0 bridgehead atoms. The zero-order chi connectivity index (χ0) is 14.5. The number of carboxylic acid groups (broad SMARTS) is 1. The van der Waals surface area contributed by atoms with E-state index in [4.69, 9.17) is 9.84 Å². The zero-order valence-corrected chi connectivity index (χ0v) is 12.2. The van der Waals surface area contributed by atoms with E-state index in [1.54, 1.807) is 0 Å². The van der Waals surface area contributed by atoms with Crippen LogP contribution in [-0.2, 0) is 22.5 Å². The SMILES string of the molecule is CC1CN(Cc2ccc(CCC(=O)O)cc2)CC(C)O1. The number of hydrogen-bond acceptors (Lipinski definition) is 3. The summed E-state index contributed by atoms with van der Waals surface area (Å²) in [6, 6.07) is 8.26. The Kier molecular flexibility index (Phi) is 5.15. The number of nitrogens with zero attached hydrogens (tertiary/aromatic N) is 1. The number of morpholine rings is 1. The average molecular weight is 277 g/mol. The molecule has 0 aliphatic carbocycles. The number of benzene rings is 1. The van der Waals surface area contributed by atoms with Crippen molar-refractivity contribution in [2.24, 2.45) is 0 Å². The van der Waals surface area contributed by atoms with Crippen LogP contribution < -0.4 is 0 Å². The molecule has 110 valence electrons. The molecule has 1 heterocycles. The van der Waals surface area contributed by atoms with Gasteiger partial charge in [0.2, 0.25) is 0 Å². The maximum Gasteiger partial charge on any atom is 0.303 e. The summed E-state index contributed by atoms with van der Waals surface area (Å²) in [6.45, 7) is 7.07. The Bertz CT molecular complexity index is 434. The molecule has 2 unspecified atom stereocenters. The molecule has 20 heavy (non-hydrogen) atoms. The molecule has 1 aliphatic rings. The molecular weight excluding hydrogens is 254 g/mol. The van der Waals surface area contributed by atoms with E-state index in [1.807, 2.05) is 12.1 Å². The molecule has 1 aromatic rings. The topological polar surface area (TPSA) is 49.8 Å². The molecule has 1 fully saturated rings. The number of ether oxygens (including phenoxy) is 1. The molecule has 4 nitrogen and oxygen atoms in total. The van der Waals surface area contributed by atoms with Crippen molar-refractivity contribution in [3.63, 3.8) is 0 Å². The summed E-state index contributed by atoms with van der Waals surface area (Å²) in [4.78, 5) is 13.0. The Morgan fingerprint density at radius 1 is 1.20 bits per heavy atom. The number of carboxylic acids is 1. The van der Waals surface area contributed by atoms with E-state index >= 15 is 0 Å². The Morgan fingerprint density at radius 3 is 2.30 bits per heavy atom. The first-order chi connectivity index (χ1) is 9.52. The van der Waals surface area contributed by atoms with Gasteiger partial charge in [-0.15, -0.1) is 0 Å². The van der Waals surface area contributed by atoms with Gasteiger partial charge in [-0.05, 0) is 31.4 Å². The highest BCUT2D eigenvalue weighted by atomic mass is 16.5. The molecule has 0 aromatic heterocycles. The van der Waals surface area contributed by atoms with Crippen molar-refractivity contribution in [2.45, 2.75) is 45.4 Å². The monoisotopic (exact) mass is 277 g/mol. The molecule has 0 radical (unpaired) electrons. The summed E-state index contributed by atoms with van der Waals surface area (Å²) in [7, 11) is 0.